The molecule has 14 heteroatoms. The van der Waals surface area contributed by atoms with Gasteiger partial charge in [-0.15, -0.1) is 0 Å². The number of para-hydroxylation sites is 2. The number of fused-ring (bicyclic) bond motifs is 2. The number of carbonyl (C=O) groups is 6. The monoisotopic (exact) mass is 828 g/mol. The third-order valence-corrected chi connectivity index (χ3v) is 11.7. The third kappa shape index (κ3) is 11.0. The zero-order valence-corrected chi connectivity index (χ0v) is 36.3. The fourth-order valence-corrected chi connectivity index (χ4v) is 8.66. The van der Waals surface area contributed by atoms with Crippen molar-refractivity contribution in [1.29, 1.82) is 0 Å². The minimum absolute atomic E-state index is 0.0828. The van der Waals surface area contributed by atoms with Crippen LogP contribution in [-0.4, -0.2) is 108 Å². The fraction of sp³-hybridized carbons (Fsp3) is 0.609. The molecule has 2 unspecified atom stereocenters. The highest BCUT2D eigenvalue weighted by Gasteiger charge is 2.43. The standard InChI is InChI=1S/C46H64N6O8/c1-45(2,3)59-43(57)49-25-19-31(20-26-49)41(55)51-35-17-11-9-15-33(35)29-37(51)39(53)47-23-13-7-8-14-24-48-40(54)38-30-34-16-10-12-18-36(34)52(38)42(56)32-21-27-50(28-22-32)44(58)60-46(4,5)6/h9-12,15-18,31-32,37-38H,7-8,13-14,19-30H2,1-6H3,(H,47,53)(H,48,54). The largest absolute Gasteiger partial charge is 0.444 e. The Hall–Kier alpha value is -5.14. The second kappa shape index (κ2) is 19.1. The van der Waals surface area contributed by atoms with Gasteiger partial charge in [0.1, 0.15) is 23.3 Å². The van der Waals surface area contributed by atoms with Gasteiger partial charge in [-0.3, -0.25) is 29.0 Å². The molecule has 4 heterocycles. The number of likely N-dealkylation sites (tertiary alicyclic amines) is 2. The van der Waals surface area contributed by atoms with Gasteiger partial charge in [-0.1, -0.05) is 49.2 Å². The maximum absolute atomic E-state index is 14.0. The van der Waals surface area contributed by atoms with Gasteiger partial charge in [-0.2, -0.15) is 0 Å². The van der Waals surface area contributed by atoms with E-state index in [2.05, 4.69) is 10.6 Å². The van der Waals surface area contributed by atoms with Crippen LogP contribution in [0.5, 0.6) is 0 Å². The quantitative estimate of drug-likeness (QED) is 0.262. The van der Waals surface area contributed by atoms with Gasteiger partial charge in [0.25, 0.3) is 0 Å². The molecule has 0 saturated carbocycles. The van der Waals surface area contributed by atoms with Crippen LogP contribution in [0.2, 0.25) is 0 Å². The number of rotatable bonds is 11. The average Bonchev–Trinajstić information content (AvgIpc) is 3.80. The molecule has 6 rings (SSSR count). The lowest BCUT2D eigenvalue weighted by Gasteiger charge is -2.35. The maximum atomic E-state index is 14.0. The number of nitrogens with zero attached hydrogens (tertiary/aromatic N) is 4. The molecule has 4 aliphatic rings. The van der Waals surface area contributed by atoms with Crippen LogP contribution in [0.25, 0.3) is 0 Å². The highest BCUT2D eigenvalue weighted by molar-refractivity contribution is 6.05. The lowest BCUT2D eigenvalue weighted by molar-refractivity contribution is -0.128. The smallest absolute Gasteiger partial charge is 0.410 e. The summed E-state index contributed by atoms with van der Waals surface area (Å²) in [6.07, 6.45) is 5.40. The number of amides is 6. The van der Waals surface area contributed by atoms with E-state index in [0.717, 1.165) is 48.2 Å². The van der Waals surface area contributed by atoms with Crippen molar-refractivity contribution in [2.45, 2.75) is 129 Å². The molecule has 326 valence electrons. The summed E-state index contributed by atoms with van der Waals surface area (Å²) in [6.45, 7) is 13.6. The molecule has 2 atom stereocenters. The maximum Gasteiger partial charge on any atom is 0.410 e. The number of piperidine rings is 2. The first-order chi connectivity index (χ1) is 28.5. The van der Waals surface area contributed by atoms with Crippen molar-refractivity contribution in [1.82, 2.24) is 20.4 Å². The van der Waals surface area contributed by atoms with Crippen molar-refractivity contribution in [2.75, 3.05) is 49.1 Å². The molecule has 2 N–H and O–H groups in total. The average molecular weight is 829 g/mol. The molecule has 0 bridgehead atoms. The number of hydrogen-bond acceptors (Lipinski definition) is 8. The number of unbranched alkanes of at least 4 members (excludes halogenated alkanes) is 3. The van der Waals surface area contributed by atoms with Crippen LogP contribution < -0.4 is 20.4 Å². The van der Waals surface area contributed by atoms with Gasteiger partial charge in [0.05, 0.1) is 0 Å². The highest BCUT2D eigenvalue weighted by atomic mass is 16.6. The lowest BCUT2D eigenvalue weighted by atomic mass is 9.95. The Labute approximate surface area is 354 Å². The van der Waals surface area contributed by atoms with E-state index in [9.17, 15) is 28.8 Å². The minimum atomic E-state index is -0.632. The van der Waals surface area contributed by atoms with Crippen molar-refractivity contribution < 1.29 is 38.2 Å². The molecule has 0 aliphatic carbocycles. The van der Waals surface area contributed by atoms with Gasteiger partial charge in [-0.05, 0) is 103 Å². The van der Waals surface area contributed by atoms with Crippen LogP contribution in [0.15, 0.2) is 48.5 Å². The van der Waals surface area contributed by atoms with Gasteiger partial charge in [-0.25, -0.2) is 9.59 Å². The van der Waals surface area contributed by atoms with E-state index in [4.69, 9.17) is 9.47 Å². The van der Waals surface area contributed by atoms with Gasteiger partial charge >= 0.3 is 12.2 Å². The Morgan fingerprint density at radius 1 is 0.550 bits per heavy atom. The molecule has 4 aliphatic heterocycles. The molecule has 0 spiro atoms. The summed E-state index contributed by atoms with van der Waals surface area (Å²) in [5.74, 6) is -1.12. The number of hydrogen-bond donors (Lipinski definition) is 2. The van der Waals surface area contributed by atoms with Crippen molar-refractivity contribution in [3.05, 3.63) is 59.7 Å². The predicted octanol–water partition coefficient (Wildman–Crippen LogP) is 5.99. The Morgan fingerprint density at radius 3 is 1.25 bits per heavy atom. The zero-order chi connectivity index (χ0) is 43.2. The molecule has 2 aromatic rings. The topological polar surface area (TPSA) is 158 Å². The van der Waals surface area contributed by atoms with E-state index in [1.54, 1.807) is 19.6 Å². The molecular formula is C46H64N6O8. The third-order valence-electron chi connectivity index (χ3n) is 11.7. The Bertz CT molecular complexity index is 1750. The summed E-state index contributed by atoms with van der Waals surface area (Å²) in [7, 11) is 0. The lowest BCUT2D eigenvalue weighted by Crippen LogP contribution is -2.52. The second-order valence-electron chi connectivity index (χ2n) is 18.6. The van der Waals surface area contributed by atoms with E-state index >= 15 is 0 Å². The van der Waals surface area contributed by atoms with Crippen molar-refractivity contribution >= 4 is 47.2 Å². The van der Waals surface area contributed by atoms with Gasteiger partial charge in [0.2, 0.25) is 23.6 Å². The first kappa shape index (κ1) is 44.4. The highest BCUT2D eigenvalue weighted by Crippen LogP contribution is 2.37. The number of nitrogens with one attached hydrogen (secondary N) is 2. The van der Waals surface area contributed by atoms with Crippen molar-refractivity contribution in [2.24, 2.45) is 11.8 Å². The van der Waals surface area contributed by atoms with Crippen LogP contribution in [0, 0.1) is 11.8 Å². The molecule has 0 radical (unpaired) electrons. The summed E-state index contributed by atoms with van der Waals surface area (Å²) < 4.78 is 11.0. The van der Waals surface area contributed by atoms with Crippen LogP contribution in [0.4, 0.5) is 21.0 Å². The molecule has 2 saturated heterocycles. The van der Waals surface area contributed by atoms with Crippen molar-refractivity contribution in [3.63, 3.8) is 0 Å². The van der Waals surface area contributed by atoms with E-state index in [1.165, 1.54) is 0 Å². The summed E-state index contributed by atoms with van der Waals surface area (Å²) in [4.78, 5) is 87.0. The molecule has 2 fully saturated rings. The Balaban J connectivity index is 0.925. The second-order valence-corrected chi connectivity index (χ2v) is 18.6. The first-order valence-corrected chi connectivity index (χ1v) is 21.8. The summed E-state index contributed by atoms with van der Waals surface area (Å²) in [5.41, 5.74) is 2.29. The van der Waals surface area contributed by atoms with Crippen LogP contribution >= 0.6 is 0 Å². The zero-order valence-electron chi connectivity index (χ0n) is 36.3. The van der Waals surface area contributed by atoms with E-state index in [0.29, 0.717) is 77.8 Å². The molecule has 60 heavy (non-hydrogen) atoms. The SMILES string of the molecule is CC(C)(C)OC(=O)N1CCC(C(=O)N2c3ccccc3CC2C(=O)NCCCCCCNC(=O)C2Cc3ccccc3N2C(=O)C2CCN(C(=O)OC(C)(C)C)CC2)CC1. The predicted molar refractivity (Wildman–Crippen MR) is 228 cm³/mol. The fourth-order valence-electron chi connectivity index (χ4n) is 8.66. The van der Waals surface area contributed by atoms with E-state index in [1.807, 2.05) is 90.1 Å². The molecule has 0 aromatic heterocycles. The van der Waals surface area contributed by atoms with Gasteiger partial charge < -0.3 is 29.9 Å². The summed E-state index contributed by atoms with van der Waals surface area (Å²) in [5, 5.41) is 6.14. The first-order valence-electron chi connectivity index (χ1n) is 21.8. The molecular weight excluding hydrogens is 765 g/mol. The normalized spacial score (nSPS) is 19.7. The van der Waals surface area contributed by atoms with Crippen LogP contribution in [0.1, 0.15) is 104 Å². The molecule has 14 nitrogen and oxygen atoms in total. The number of carbonyl (C=O) groups excluding carboxylic acids is 6. The molecule has 2 aromatic carbocycles. The number of anilines is 2. The Kier molecular flexibility index (Phi) is 14.1. The van der Waals surface area contributed by atoms with E-state index in [-0.39, 0.29) is 47.7 Å². The Morgan fingerprint density at radius 2 is 0.900 bits per heavy atom. The number of ether oxygens (including phenoxy) is 2. The van der Waals surface area contributed by atoms with Crippen LogP contribution in [-0.2, 0) is 41.5 Å². The van der Waals surface area contributed by atoms with Crippen molar-refractivity contribution in [3.8, 4) is 0 Å². The van der Waals surface area contributed by atoms with E-state index < -0.39 is 23.3 Å². The minimum Gasteiger partial charge on any atom is -0.444 e. The van der Waals surface area contributed by atoms with Gasteiger partial charge in [0.15, 0.2) is 0 Å². The number of benzene rings is 2. The summed E-state index contributed by atoms with van der Waals surface area (Å²) >= 11 is 0. The van der Waals surface area contributed by atoms with Crippen LogP contribution in [0.3, 0.4) is 0 Å². The van der Waals surface area contributed by atoms with Gasteiger partial charge in [0, 0.05) is 75.3 Å². The molecule has 6 amide bonds. The summed E-state index contributed by atoms with van der Waals surface area (Å²) in [6, 6.07) is 14.1.